The standard InChI is InChI=1S/C12H24O/c1-9(2)8-12(10(3)4)7-6-11(5)13/h8,10-13H,6-7H2,1-5H3. The molecule has 0 bridgehead atoms. The number of hydrogen-bond donors (Lipinski definition) is 1. The molecule has 1 heteroatoms. The predicted octanol–water partition coefficient (Wildman–Crippen LogP) is 3.39. The average Bonchev–Trinajstić information content (AvgIpc) is 1.96. The third-order valence-electron chi connectivity index (χ3n) is 2.32. The summed E-state index contributed by atoms with van der Waals surface area (Å²) in [6.45, 7) is 10.6. The van der Waals surface area contributed by atoms with Crippen LogP contribution in [0.5, 0.6) is 0 Å². The lowest BCUT2D eigenvalue weighted by Gasteiger charge is -2.18. The Morgan fingerprint density at radius 3 is 2.00 bits per heavy atom. The van der Waals surface area contributed by atoms with E-state index in [0.717, 1.165) is 12.8 Å². The molecule has 78 valence electrons. The van der Waals surface area contributed by atoms with Crippen molar-refractivity contribution in [3.8, 4) is 0 Å². The molecule has 0 saturated heterocycles. The van der Waals surface area contributed by atoms with Gasteiger partial charge in [-0.05, 0) is 45.4 Å². The predicted molar refractivity (Wildman–Crippen MR) is 58.7 cm³/mol. The Kier molecular flexibility index (Phi) is 6.06. The van der Waals surface area contributed by atoms with Gasteiger partial charge in [0.2, 0.25) is 0 Å². The highest BCUT2D eigenvalue weighted by atomic mass is 16.3. The second-order valence-electron chi connectivity index (χ2n) is 4.58. The number of aliphatic hydroxyl groups is 1. The van der Waals surface area contributed by atoms with Gasteiger partial charge in [0.15, 0.2) is 0 Å². The molecular formula is C12H24O. The highest BCUT2D eigenvalue weighted by Gasteiger charge is 2.11. The molecule has 0 rings (SSSR count). The molecule has 0 spiro atoms. The summed E-state index contributed by atoms with van der Waals surface area (Å²) in [6.07, 6.45) is 4.17. The third-order valence-corrected chi connectivity index (χ3v) is 2.32. The summed E-state index contributed by atoms with van der Waals surface area (Å²) >= 11 is 0. The topological polar surface area (TPSA) is 20.2 Å². The Labute approximate surface area is 82.9 Å². The fraction of sp³-hybridized carbons (Fsp3) is 0.833. The fourth-order valence-electron chi connectivity index (χ4n) is 1.47. The van der Waals surface area contributed by atoms with Gasteiger partial charge in [-0.25, -0.2) is 0 Å². The second-order valence-corrected chi connectivity index (χ2v) is 4.58. The summed E-state index contributed by atoms with van der Waals surface area (Å²) < 4.78 is 0. The van der Waals surface area contributed by atoms with Crippen LogP contribution in [0, 0.1) is 11.8 Å². The first-order valence-corrected chi connectivity index (χ1v) is 5.26. The molecule has 0 aliphatic rings. The Morgan fingerprint density at radius 2 is 1.69 bits per heavy atom. The molecule has 0 saturated carbocycles. The van der Waals surface area contributed by atoms with Crippen molar-refractivity contribution in [3.63, 3.8) is 0 Å². The van der Waals surface area contributed by atoms with Crippen LogP contribution in [0.3, 0.4) is 0 Å². The van der Waals surface area contributed by atoms with Crippen molar-refractivity contribution in [3.05, 3.63) is 11.6 Å². The molecule has 1 nitrogen and oxygen atoms in total. The number of aliphatic hydroxyl groups excluding tert-OH is 1. The summed E-state index contributed by atoms with van der Waals surface area (Å²) in [7, 11) is 0. The minimum absolute atomic E-state index is 0.160. The van der Waals surface area contributed by atoms with Gasteiger partial charge in [0.1, 0.15) is 0 Å². The van der Waals surface area contributed by atoms with Crippen LogP contribution in [0.25, 0.3) is 0 Å². The van der Waals surface area contributed by atoms with Crippen LogP contribution < -0.4 is 0 Å². The molecule has 0 fully saturated rings. The Balaban J connectivity index is 4.04. The van der Waals surface area contributed by atoms with E-state index >= 15 is 0 Å². The van der Waals surface area contributed by atoms with E-state index in [1.807, 2.05) is 6.92 Å². The summed E-state index contributed by atoms with van der Waals surface area (Å²) in [6, 6.07) is 0. The van der Waals surface area contributed by atoms with E-state index in [9.17, 15) is 5.11 Å². The van der Waals surface area contributed by atoms with Crippen molar-refractivity contribution in [1.82, 2.24) is 0 Å². The molecule has 0 aromatic carbocycles. The van der Waals surface area contributed by atoms with Gasteiger partial charge in [-0.3, -0.25) is 0 Å². The van der Waals surface area contributed by atoms with Crippen LogP contribution in [0.4, 0.5) is 0 Å². The molecule has 0 heterocycles. The lowest BCUT2D eigenvalue weighted by atomic mass is 9.89. The monoisotopic (exact) mass is 184 g/mol. The van der Waals surface area contributed by atoms with Crippen molar-refractivity contribution in [2.75, 3.05) is 0 Å². The van der Waals surface area contributed by atoms with Gasteiger partial charge in [0.05, 0.1) is 6.10 Å². The van der Waals surface area contributed by atoms with Gasteiger partial charge >= 0.3 is 0 Å². The summed E-state index contributed by atoms with van der Waals surface area (Å²) in [5, 5.41) is 9.20. The fourth-order valence-corrected chi connectivity index (χ4v) is 1.47. The first kappa shape index (κ1) is 12.7. The van der Waals surface area contributed by atoms with Gasteiger partial charge in [-0.1, -0.05) is 25.5 Å². The Hall–Kier alpha value is -0.300. The maximum absolute atomic E-state index is 9.20. The summed E-state index contributed by atoms with van der Waals surface area (Å²) in [4.78, 5) is 0. The van der Waals surface area contributed by atoms with Crippen LogP contribution in [-0.4, -0.2) is 11.2 Å². The van der Waals surface area contributed by atoms with Crippen LogP contribution in [0.15, 0.2) is 11.6 Å². The summed E-state index contributed by atoms with van der Waals surface area (Å²) in [5.74, 6) is 1.30. The lowest BCUT2D eigenvalue weighted by Crippen LogP contribution is -2.10. The molecule has 0 aromatic rings. The largest absolute Gasteiger partial charge is 0.393 e. The van der Waals surface area contributed by atoms with Crippen LogP contribution in [0.2, 0.25) is 0 Å². The molecule has 2 atom stereocenters. The van der Waals surface area contributed by atoms with E-state index < -0.39 is 0 Å². The first-order valence-electron chi connectivity index (χ1n) is 5.26. The molecule has 0 aromatic heterocycles. The van der Waals surface area contributed by atoms with Gasteiger partial charge < -0.3 is 5.11 Å². The smallest absolute Gasteiger partial charge is 0.0512 e. The second kappa shape index (κ2) is 6.20. The maximum Gasteiger partial charge on any atom is 0.0512 e. The van der Waals surface area contributed by atoms with Crippen molar-refractivity contribution in [1.29, 1.82) is 0 Å². The average molecular weight is 184 g/mol. The molecule has 0 amide bonds. The van der Waals surface area contributed by atoms with E-state index in [4.69, 9.17) is 0 Å². The van der Waals surface area contributed by atoms with Crippen molar-refractivity contribution in [2.24, 2.45) is 11.8 Å². The molecule has 0 radical (unpaired) electrons. The normalized spacial score (nSPS) is 15.6. The molecule has 13 heavy (non-hydrogen) atoms. The minimum Gasteiger partial charge on any atom is -0.393 e. The molecule has 0 aliphatic heterocycles. The van der Waals surface area contributed by atoms with Gasteiger partial charge in [-0.15, -0.1) is 0 Å². The number of allylic oxidation sites excluding steroid dienone is 2. The highest BCUT2D eigenvalue weighted by Crippen LogP contribution is 2.21. The Bertz CT molecular complexity index is 153. The van der Waals surface area contributed by atoms with E-state index in [2.05, 4.69) is 33.8 Å². The van der Waals surface area contributed by atoms with E-state index in [1.54, 1.807) is 0 Å². The SMILES string of the molecule is CC(C)=CC(CCC(C)O)C(C)C. The van der Waals surface area contributed by atoms with Crippen LogP contribution >= 0.6 is 0 Å². The molecular weight excluding hydrogens is 160 g/mol. The third kappa shape index (κ3) is 6.83. The minimum atomic E-state index is -0.160. The van der Waals surface area contributed by atoms with E-state index in [0.29, 0.717) is 11.8 Å². The van der Waals surface area contributed by atoms with Crippen molar-refractivity contribution < 1.29 is 5.11 Å². The molecule has 2 unspecified atom stereocenters. The van der Waals surface area contributed by atoms with Crippen molar-refractivity contribution in [2.45, 2.75) is 53.6 Å². The lowest BCUT2D eigenvalue weighted by molar-refractivity contribution is 0.172. The molecule has 1 N–H and O–H groups in total. The zero-order chi connectivity index (χ0) is 10.4. The van der Waals surface area contributed by atoms with Gasteiger partial charge in [0, 0.05) is 0 Å². The zero-order valence-electron chi connectivity index (χ0n) is 9.67. The van der Waals surface area contributed by atoms with Crippen molar-refractivity contribution >= 4 is 0 Å². The van der Waals surface area contributed by atoms with E-state index in [-0.39, 0.29) is 6.10 Å². The summed E-state index contributed by atoms with van der Waals surface area (Å²) in [5.41, 5.74) is 1.38. The maximum atomic E-state index is 9.20. The van der Waals surface area contributed by atoms with Gasteiger partial charge in [-0.2, -0.15) is 0 Å². The quantitative estimate of drug-likeness (QED) is 0.649. The highest BCUT2D eigenvalue weighted by molar-refractivity contribution is 4.98. The van der Waals surface area contributed by atoms with Crippen LogP contribution in [0.1, 0.15) is 47.5 Å². The number of hydrogen-bond acceptors (Lipinski definition) is 1. The Morgan fingerprint density at radius 1 is 1.15 bits per heavy atom. The van der Waals surface area contributed by atoms with Gasteiger partial charge in [0.25, 0.3) is 0 Å². The van der Waals surface area contributed by atoms with Crippen LogP contribution in [-0.2, 0) is 0 Å². The van der Waals surface area contributed by atoms with E-state index in [1.165, 1.54) is 5.57 Å². The zero-order valence-corrected chi connectivity index (χ0v) is 9.67. The molecule has 0 aliphatic carbocycles. The number of rotatable bonds is 5. The first-order chi connectivity index (χ1) is 5.93.